The number of amides is 2. The van der Waals surface area contributed by atoms with E-state index in [1.165, 1.54) is 34.1 Å². The minimum atomic E-state index is -1.10. The van der Waals surface area contributed by atoms with Crippen LogP contribution in [0.3, 0.4) is 0 Å². The Bertz CT molecular complexity index is 1590. The van der Waals surface area contributed by atoms with Crippen molar-refractivity contribution in [1.82, 2.24) is 9.80 Å². The molecule has 0 N–H and O–H groups in total. The number of hydrogen-bond donors (Lipinski definition) is 0. The Morgan fingerprint density at radius 3 is 1.02 bits per heavy atom. The highest BCUT2D eigenvalue weighted by Crippen LogP contribution is 2.50. The van der Waals surface area contributed by atoms with Crippen LogP contribution in [0.15, 0.2) is 24.3 Å². The van der Waals surface area contributed by atoms with E-state index in [2.05, 4.69) is 0 Å². The molecule has 0 unspecified atom stereocenters. The number of hydrogen-bond acceptors (Lipinski definition) is 16. The van der Waals surface area contributed by atoms with Crippen LogP contribution in [0.2, 0.25) is 0 Å². The van der Waals surface area contributed by atoms with E-state index in [-0.39, 0.29) is 88.6 Å². The molecule has 0 saturated heterocycles. The highest BCUT2D eigenvalue weighted by Gasteiger charge is 2.46. The van der Waals surface area contributed by atoms with E-state index in [1.54, 1.807) is 41.5 Å². The van der Waals surface area contributed by atoms with Gasteiger partial charge in [-0.05, 0) is 101 Å². The van der Waals surface area contributed by atoms with Crippen molar-refractivity contribution in [3.8, 4) is 23.0 Å². The molecule has 4 rings (SSSR count). The Kier molecular flexibility index (Phi) is 14.5. The van der Waals surface area contributed by atoms with Gasteiger partial charge >= 0.3 is 36.8 Å². The molecule has 0 radical (unpaired) electrons. The molecular formula is C36H44N2O16. The van der Waals surface area contributed by atoms with Crippen LogP contribution in [0.4, 0.5) is 28.8 Å². The summed E-state index contributed by atoms with van der Waals surface area (Å²) in [6, 6.07) is 3.57. The van der Waals surface area contributed by atoms with Crippen LogP contribution >= 0.6 is 0 Å². The van der Waals surface area contributed by atoms with Crippen molar-refractivity contribution in [3.63, 3.8) is 0 Å². The molecule has 2 atom stereocenters. The van der Waals surface area contributed by atoms with E-state index in [9.17, 15) is 28.8 Å². The summed E-state index contributed by atoms with van der Waals surface area (Å²) in [5, 5.41) is 0. The average Bonchev–Trinajstić information content (AvgIpc) is 3.12. The number of ether oxygens (including phenoxy) is 10. The SMILES string of the molecule is CCOC(=O)Oc1cc2c(cc1OC(=O)OCC)[C@@H]([C@@H]1c3cc(OC(=O)OCC)c(OC(=O)OCC)cc3CCN1C(=O)OCC)N(C(=O)OCC)CC2. The van der Waals surface area contributed by atoms with Crippen molar-refractivity contribution in [2.24, 2.45) is 0 Å². The largest absolute Gasteiger partial charge is 0.513 e. The first-order valence-electron chi connectivity index (χ1n) is 17.6. The van der Waals surface area contributed by atoms with Crippen molar-refractivity contribution < 1.29 is 76.1 Å². The Balaban J connectivity index is 2.01. The van der Waals surface area contributed by atoms with Crippen molar-refractivity contribution in [2.75, 3.05) is 52.7 Å². The summed E-state index contributed by atoms with van der Waals surface area (Å²) in [6.07, 6.45) is -5.35. The van der Waals surface area contributed by atoms with Gasteiger partial charge in [0.25, 0.3) is 0 Å². The second-order valence-electron chi connectivity index (χ2n) is 11.3. The number of benzene rings is 2. The monoisotopic (exact) mass is 760 g/mol. The van der Waals surface area contributed by atoms with Gasteiger partial charge in [-0.1, -0.05) is 0 Å². The lowest BCUT2D eigenvalue weighted by molar-refractivity contribution is 0.0337. The highest BCUT2D eigenvalue weighted by molar-refractivity contribution is 5.75. The fraction of sp³-hybridized carbons (Fsp3) is 0.500. The first-order valence-corrected chi connectivity index (χ1v) is 17.6. The predicted octanol–water partition coefficient (Wildman–Crippen LogP) is 6.64. The van der Waals surface area contributed by atoms with Gasteiger partial charge in [-0.15, -0.1) is 0 Å². The maximum atomic E-state index is 13.7. The number of carbonyl (C=O) groups excluding carboxylic acids is 6. The topological polar surface area (TPSA) is 201 Å². The number of nitrogens with zero attached hydrogens (tertiary/aromatic N) is 2. The number of fused-ring (bicyclic) bond motifs is 2. The molecule has 0 saturated carbocycles. The summed E-state index contributed by atoms with van der Waals surface area (Å²) in [7, 11) is 0. The molecule has 0 aliphatic carbocycles. The third-order valence-electron chi connectivity index (χ3n) is 8.09. The quantitative estimate of drug-likeness (QED) is 0.134. The van der Waals surface area contributed by atoms with Crippen molar-refractivity contribution in [2.45, 2.75) is 66.5 Å². The van der Waals surface area contributed by atoms with Gasteiger partial charge in [0.05, 0.1) is 51.7 Å². The third kappa shape index (κ3) is 9.73. The molecule has 18 nitrogen and oxygen atoms in total. The zero-order valence-corrected chi connectivity index (χ0v) is 31.0. The smallest absolute Gasteiger partial charge is 0.450 e. The second kappa shape index (κ2) is 19.2. The molecule has 2 amide bonds. The molecule has 2 aromatic rings. The molecule has 2 aliphatic rings. The molecule has 0 bridgehead atoms. The summed E-state index contributed by atoms with van der Waals surface area (Å²) in [6.45, 7) is 9.73. The lowest BCUT2D eigenvalue weighted by Crippen LogP contribution is -2.50. The molecule has 294 valence electrons. The molecular weight excluding hydrogens is 716 g/mol. The zero-order valence-electron chi connectivity index (χ0n) is 31.0. The molecule has 2 heterocycles. The first kappa shape index (κ1) is 40.8. The lowest BCUT2D eigenvalue weighted by atomic mass is 9.80. The fourth-order valence-electron chi connectivity index (χ4n) is 6.09. The second-order valence-corrected chi connectivity index (χ2v) is 11.3. The van der Waals surface area contributed by atoms with Crippen LogP contribution in [0.1, 0.15) is 75.9 Å². The number of rotatable bonds is 11. The van der Waals surface area contributed by atoms with Crippen LogP contribution in [-0.2, 0) is 41.3 Å². The van der Waals surface area contributed by atoms with E-state index in [1.807, 2.05) is 0 Å². The Labute approximate surface area is 311 Å². The van der Waals surface area contributed by atoms with Gasteiger partial charge in [0.2, 0.25) is 0 Å². The normalized spacial score (nSPS) is 15.7. The van der Waals surface area contributed by atoms with Gasteiger partial charge in [0.15, 0.2) is 23.0 Å². The van der Waals surface area contributed by atoms with Crippen LogP contribution in [-0.4, -0.2) is 99.3 Å². The molecule has 54 heavy (non-hydrogen) atoms. The van der Waals surface area contributed by atoms with E-state index in [0.29, 0.717) is 22.3 Å². The Hall–Kier alpha value is -5.94. The first-order chi connectivity index (χ1) is 26.0. The van der Waals surface area contributed by atoms with Crippen molar-refractivity contribution >= 4 is 36.8 Å². The molecule has 2 aromatic carbocycles. The van der Waals surface area contributed by atoms with Gasteiger partial charge in [0, 0.05) is 13.1 Å². The molecule has 0 spiro atoms. The zero-order chi connectivity index (χ0) is 39.4. The fourth-order valence-corrected chi connectivity index (χ4v) is 6.09. The van der Waals surface area contributed by atoms with Crippen LogP contribution in [0, 0.1) is 0 Å². The van der Waals surface area contributed by atoms with E-state index >= 15 is 0 Å². The van der Waals surface area contributed by atoms with Gasteiger partial charge in [0.1, 0.15) is 0 Å². The van der Waals surface area contributed by atoms with Crippen LogP contribution < -0.4 is 18.9 Å². The molecule has 0 fully saturated rings. The van der Waals surface area contributed by atoms with Crippen LogP contribution in [0.25, 0.3) is 0 Å². The predicted molar refractivity (Wildman–Crippen MR) is 184 cm³/mol. The maximum Gasteiger partial charge on any atom is 0.513 e. The van der Waals surface area contributed by atoms with Gasteiger partial charge in [-0.3, -0.25) is 9.80 Å². The van der Waals surface area contributed by atoms with Gasteiger partial charge in [-0.2, -0.15) is 0 Å². The standard InChI is InChI=1S/C36H44N2O16/c1-7-45-31(39)37-15-13-21-17-25(51-33(41)47-9-3)27(53-35(43)49-11-5)19-23(21)29(37)30-24-20-28(54-36(44)50-12-6)26(52-34(42)48-10-4)18-22(24)14-16-38(30)32(40)46-8-2/h17-20,29-30H,7-16H2,1-6H3/t29-,30-/m0/s1. The van der Waals surface area contributed by atoms with E-state index < -0.39 is 48.9 Å². The Morgan fingerprint density at radius 2 is 0.741 bits per heavy atom. The van der Waals surface area contributed by atoms with Crippen molar-refractivity contribution in [1.29, 1.82) is 0 Å². The molecule has 18 heteroatoms. The van der Waals surface area contributed by atoms with E-state index in [4.69, 9.17) is 47.4 Å². The van der Waals surface area contributed by atoms with Crippen LogP contribution in [0.5, 0.6) is 23.0 Å². The lowest BCUT2D eigenvalue weighted by Gasteiger charge is -2.47. The Morgan fingerprint density at radius 1 is 0.463 bits per heavy atom. The summed E-state index contributed by atoms with van der Waals surface area (Å²) in [5.41, 5.74) is 1.85. The van der Waals surface area contributed by atoms with Gasteiger partial charge in [-0.25, -0.2) is 28.8 Å². The summed E-state index contributed by atoms with van der Waals surface area (Å²) in [4.78, 5) is 80.4. The summed E-state index contributed by atoms with van der Waals surface area (Å²) >= 11 is 0. The van der Waals surface area contributed by atoms with Crippen molar-refractivity contribution in [3.05, 3.63) is 46.5 Å². The van der Waals surface area contributed by atoms with E-state index in [0.717, 1.165) is 0 Å². The maximum absolute atomic E-state index is 13.7. The average molecular weight is 761 g/mol. The third-order valence-corrected chi connectivity index (χ3v) is 8.09. The molecule has 0 aromatic heterocycles. The summed E-state index contributed by atoms with van der Waals surface area (Å²) in [5.74, 6) is -0.833. The summed E-state index contributed by atoms with van der Waals surface area (Å²) < 4.78 is 52.6. The highest BCUT2D eigenvalue weighted by atomic mass is 16.8. The minimum absolute atomic E-state index is 0.00755. The minimum Gasteiger partial charge on any atom is -0.450 e. The van der Waals surface area contributed by atoms with Gasteiger partial charge < -0.3 is 47.4 Å². The number of carbonyl (C=O) groups is 6. The molecule has 2 aliphatic heterocycles.